The molecule has 0 radical (unpaired) electrons. The molecule has 0 saturated heterocycles. The molecule has 2 rings (SSSR count). The monoisotopic (exact) mass is 328 g/mol. The number of amides is 1. The molecule has 1 saturated carbocycles. The molecule has 0 N–H and O–H groups in total. The lowest BCUT2D eigenvalue weighted by Crippen LogP contribution is -2.42. The van der Waals surface area contributed by atoms with Gasteiger partial charge in [0.25, 0.3) is 5.91 Å². The summed E-state index contributed by atoms with van der Waals surface area (Å²) in [7, 11) is 3.57. The van der Waals surface area contributed by atoms with Crippen LogP contribution in [0, 0.1) is 5.92 Å². The fourth-order valence-corrected chi connectivity index (χ4v) is 2.92. The van der Waals surface area contributed by atoms with E-state index >= 15 is 0 Å². The highest BCUT2D eigenvalue weighted by molar-refractivity contribution is 9.10. The molecule has 19 heavy (non-hydrogen) atoms. The van der Waals surface area contributed by atoms with Crippen LogP contribution in [0.4, 0.5) is 0 Å². The lowest BCUT2D eigenvalue weighted by molar-refractivity contribution is 0.0585. The van der Waals surface area contributed by atoms with Gasteiger partial charge in [0.2, 0.25) is 0 Å². The van der Waals surface area contributed by atoms with Gasteiger partial charge in [0.05, 0.1) is 6.61 Å². The second-order valence-electron chi connectivity index (χ2n) is 5.22. The lowest BCUT2D eigenvalue weighted by Gasteiger charge is -2.29. The van der Waals surface area contributed by atoms with Gasteiger partial charge in [-0.05, 0) is 47.7 Å². The number of aryl methyl sites for hydroxylation is 1. The van der Waals surface area contributed by atoms with Crippen molar-refractivity contribution in [2.24, 2.45) is 13.0 Å². The third kappa shape index (κ3) is 3.39. The molecule has 1 atom stereocenters. The highest BCUT2D eigenvalue weighted by atomic mass is 79.9. The Hall–Kier alpha value is -0.810. The maximum atomic E-state index is 12.7. The fraction of sp³-hybridized carbons (Fsp3) is 0.643. The van der Waals surface area contributed by atoms with E-state index in [1.807, 2.05) is 28.8 Å². The molecule has 5 heteroatoms. The number of rotatable bonds is 6. The molecule has 0 bridgehead atoms. The smallest absolute Gasteiger partial charge is 0.270 e. The van der Waals surface area contributed by atoms with E-state index in [2.05, 4.69) is 22.9 Å². The third-order valence-corrected chi connectivity index (χ3v) is 4.22. The number of ether oxygens (including phenoxy) is 1. The second-order valence-corrected chi connectivity index (χ2v) is 6.14. The van der Waals surface area contributed by atoms with E-state index in [-0.39, 0.29) is 11.9 Å². The molecule has 1 amide bonds. The number of carbonyl (C=O) groups excluding carboxylic acids is 1. The molecule has 4 nitrogen and oxygen atoms in total. The summed E-state index contributed by atoms with van der Waals surface area (Å²) < 4.78 is 7.94. The standard InChI is InChI=1S/C14H21BrN2O2/c1-10(11-4-5-11)17(6-7-19-3)14(18)13-8-12(15)9-16(13)2/h8-11H,4-7H2,1-3H3. The van der Waals surface area contributed by atoms with Gasteiger partial charge in [0, 0.05) is 37.4 Å². The van der Waals surface area contributed by atoms with Crippen LogP contribution in [0.1, 0.15) is 30.3 Å². The predicted molar refractivity (Wildman–Crippen MR) is 78.2 cm³/mol. The number of carbonyl (C=O) groups is 1. The van der Waals surface area contributed by atoms with Crippen molar-refractivity contribution in [1.82, 2.24) is 9.47 Å². The number of hydrogen-bond acceptors (Lipinski definition) is 2. The first-order chi connectivity index (χ1) is 9.04. The number of hydrogen-bond donors (Lipinski definition) is 0. The zero-order chi connectivity index (χ0) is 14.0. The van der Waals surface area contributed by atoms with Crippen LogP contribution >= 0.6 is 15.9 Å². The van der Waals surface area contributed by atoms with Crippen LogP contribution in [0.25, 0.3) is 0 Å². The van der Waals surface area contributed by atoms with E-state index in [0.717, 1.165) is 10.2 Å². The number of nitrogens with zero attached hydrogens (tertiary/aromatic N) is 2. The Bertz CT molecular complexity index is 454. The Kier molecular flexibility index (Phi) is 4.68. The van der Waals surface area contributed by atoms with Crippen LogP contribution in [-0.2, 0) is 11.8 Å². The highest BCUT2D eigenvalue weighted by Gasteiger charge is 2.35. The van der Waals surface area contributed by atoms with Crippen molar-refractivity contribution in [3.63, 3.8) is 0 Å². The summed E-state index contributed by atoms with van der Waals surface area (Å²) in [6.45, 7) is 3.37. The summed E-state index contributed by atoms with van der Waals surface area (Å²) in [5.74, 6) is 0.745. The molecule has 1 heterocycles. The lowest BCUT2D eigenvalue weighted by atomic mass is 10.1. The van der Waals surface area contributed by atoms with E-state index in [1.54, 1.807) is 7.11 Å². The van der Waals surface area contributed by atoms with Crippen molar-refractivity contribution < 1.29 is 9.53 Å². The van der Waals surface area contributed by atoms with Gasteiger partial charge >= 0.3 is 0 Å². The van der Waals surface area contributed by atoms with E-state index in [1.165, 1.54) is 12.8 Å². The molecule has 1 unspecified atom stereocenters. The topological polar surface area (TPSA) is 34.5 Å². The number of aromatic nitrogens is 1. The molecule has 106 valence electrons. The Morgan fingerprint density at radius 3 is 2.79 bits per heavy atom. The van der Waals surface area contributed by atoms with Gasteiger partial charge in [-0.15, -0.1) is 0 Å². The molecule has 1 aromatic heterocycles. The van der Waals surface area contributed by atoms with Crippen molar-refractivity contribution in [2.45, 2.75) is 25.8 Å². The minimum Gasteiger partial charge on any atom is -0.383 e. The van der Waals surface area contributed by atoms with Crippen molar-refractivity contribution in [3.8, 4) is 0 Å². The molecule has 1 aromatic rings. The van der Waals surface area contributed by atoms with Crippen molar-refractivity contribution >= 4 is 21.8 Å². The van der Waals surface area contributed by atoms with Gasteiger partial charge in [-0.25, -0.2) is 0 Å². The summed E-state index contributed by atoms with van der Waals surface area (Å²) in [5.41, 5.74) is 0.718. The van der Waals surface area contributed by atoms with E-state index < -0.39 is 0 Å². The van der Waals surface area contributed by atoms with Gasteiger partial charge < -0.3 is 14.2 Å². The second kappa shape index (κ2) is 6.09. The summed E-state index contributed by atoms with van der Waals surface area (Å²) in [6, 6.07) is 2.17. The number of halogens is 1. The maximum absolute atomic E-state index is 12.7. The quantitative estimate of drug-likeness (QED) is 0.804. The summed E-state index contributed by atoms with van der Waals surface area (Å²) in [5, 5.41) is 0. The minimum atomic E-state index is 0.0876. The summed E-state index contributed by atoms with van der Waals surface area (Å²) in [4.78, 5) is 14.6. The maximum Gasteiger partial charge on any atom is 0.270 e. The largest absolute Gasteiger partial charge is 0.383 e. The molecule has 0 spiro atoms. The van der Waals surface area contributed by atoms with Gasteiger partial charge in [-0.3, -0.25) is 4.79 Å². The van der Waals surface area contributed by atoms with Gasteiger partial charge in [-0.1, -0.05) is 0 Å². The zero-order valence-electron chi connectivity index (χ0n) is 11.7. The molecular weight excluding hydrogens is 308 g/mol. The Labute approximate surface area is 122 Å². The normalized spacial score (nSPS) is 16.4. The Morgan fingerprint density at radius 2 is 2.32 bits per heavy atom. The van der Waals surface area contributed by atoms with E-state index in [0.29, 0.717) is 19.1 Å². The van der Waals surface area contributed by atoms with Crippen LogP contribution in [0.2, 0.25) is 0 Å². The molecule has 1 aliphatic carbocycles. The average molecular weight is 329 g/mol. The predicted octanol–water partition coefficient (Wildman–Crippen LogP) is 2.67. The molecule has 1 fully saturated rings. The van der Waals surface area contributed by atoms with E-state index in [9.17, 15) is 4.79 Å². The van der Waals surface area contributed by atoms with Gasteiger partial charge in [-0.2, -0.15) is 0 Å². The zero-order valence-corrected chi connectivity index (χ0v) is 13.3. The van der Waals surface area contributed by atoms with Crippen molar-refractivity contribution in [3.05, 3.63) is 22.4 Å². The first-order valence-corrected chi connectivity index (χ1v) is 7.45. The van der Waals surface area contributed by atoms with Crippen molar-refractivity contribution in [2.75, 3.05) is 20.3 Å². The Balaban J connectivity index is 2.16. The highest BCUT2D eigenvalue weighted by Crippen LogP contribution is 2.35. The van der Waals surface area contributed by atoms with Crippen LogP contribution < -0.4 is 0 Å². The number of methoxy groups -OCH3 is 1. The first-order valence-electron chi connectivity index (χ1n) is 6.66. The summed E-state index contributed by atoms with van der Waals surface area (Å²) in [6.07, 6.45) is 4.37. The molecule has 0 aromatic carbocycles. The van der Waals surface area contributed by atoms with Crippen LogP contribution in [0.3, 0.4) is 0 Å². The van der Waals surface area contributed by atoms with Crippen molar-refractivity contribution in [1.29, 1.82) is 0 Å². The fourth-order valence-electron chi connectivity index (χ4n) is 2.40. The summed E-state index contributed by atoms with van der Waals surface area (Å²) >= 11 is 3.42. The van der Waals surface area contributed by atoms with Gasteiger partial charge in [0.1, 0.15) is 5.69 Å². The molecular formula is C14H21BrN2O2. The SMILES string of the molecule is COCCN(C(=O)c1cc(Br)cn1C)C(C)C1CC1. The molecule has 0 aliphatic heterocycles. The van der Waals surface area contributed by atoms with Crippen LogP contribution in [0.5, 0.6) is 0 Å². The first kappa shape index (κ1) is 14.6. The minimum absolute atomic E-state index is 0.0876. The average Bonchev–Trinajstić information content (AvgIpc) is 3.15. The third-order valence-electron chi connectivity index (χ3n) is 3.78. The molecule has 1 aliphatic rings. The van der Waals surface area contributed by atoms with Crippen LogP contribution in [0.15, 0.2) is 16.7 Å². The Morgan fingerprint density at radius 1 is 1.63 bits per heavy atom. The van der Waals surface area contributed by atoms with E-state index in [4.69, 9.17) is 4.74 Å². The van der Waals surface area contributed by atoms with Gasteiger partial charge in [0.15, 0.2) is 0 Å². The van der Waals surface area contributed by atoms with Crippen LogP contribution in [-0.4, -0.2) is 41.7 Å².